The van der Waals surface area contributed by atoms with Gasteiger partial charge >= 0.3 is 0 Å². The molecule has 0 aliphatic heterocycles. The fraction of sp³-hybridized carbons (Fsp3) is 0.0625. The molecule has 0 saturated heterocycles. The first-order valence-electron chi connectivity index (χ1n) is 5.55. The first-order valence-corrected chi connectivity index (χ1v) is 6.77. The van der Waals surface area contributed by atoms with Gasteiger partial charge in [0.15, 0.2) is 0 Å². The zero-order valence-corrected chi connectivity index (χ0v) is 10.8. The summed E-state index contributed by atoms with van der Waals surface area (Å²) in [6, 6.07) is 17.0. The second-order valence-corrected chi connectivity index (χ2v) is 4.55. The van der Waals surface area contributed by atoms with Gasteiger partial charge in [0.1, 0.15) is 0 Å². The highest BCUT2D eigenvalue weighted by atomic mass is 32.2. The number of ketones is 1. The molecule has 0 fully saturated rings. The molecule has 0 unspecified atom stereocenters. The molecular formula is C16H12OS. The van der Waals surface area contributed by atoms with Crippen LogP contribution in [0, 0.1) is 11.8 Å². The van der Waals surface area contributed by atoms with Gasteiger partial charge in [-0.05, 0) is 36.4 Å². The Bertz CT molecular complexity index is 588. The van der Waals surface area contributed by atoms with E-state index in [-0.39, 0.29) is 5.78 Å². The summed E-state index contributed by atoms with van der Waals surface area (Å²) in [5.41, 5.74) is 1.49. The second-order valence-electron chi connectivity index (χ2n) is 3.67. The Labute approximate surface area is 111 Å². The SMILES string of the molecule is CSc1ccc(C#CC(=O)c2ccccc2)cc1. The normalized spacial score (nSPS) is 9.39. The summed E-state index contributed by atoms with van der Waals surface area (Å²) in [5, 5.41) is 0. The topological polar surface area (TPSA) is 17.1 Å². The highest BCUT2D eigenvalue weighted by Crippen LogP contribution is 2.14. The Morgan fingerprint density at radius 2 is 1.67 bits per heavy atom. The molecule has 2 aromatic rings. The van der Waals surface area contributed by atoms with Crippen LogP contribution in [-0.4, -0.2) is 12.0 Å². The van der Waals surface area contributed by atoms with Crippen molar-refractivity contribution in [3.8, 4) is 11.8 Å². The lowest BCUT2D eigenvalue weighted by atomic mass is 10.1. The van der Waals surface area contributed by atoms with Crippen LogP contribution in [0.4, 0.5) is 0 Å². The largest absolute Gasteiger partial charge is 0.279 e. The third-order valence-corrected chi connectivity index (χ3v) is 3.19. The van der Waals surface area contributed by atoms with Crippen LogP contribution in [-0.2, 0) is 0 Å². The summed E-state index contributed by atoms with van der Waals surface area (Å²) in [5.74, 6) is 5.39. The first kappa shape index (κ1) is 12.5. The molecule has 18 heavy (non-hydrogen) atoms. The van der Waals surface area contributed by atoms with Crippen LogP contribution in [0.15, 0.2) is 59.5 Å². The van der Waals surface area contributed by atoms with Crippen molar-refractivity contribution in [3.63, 3.8) is 0 Å². The van der Waals surface area contributed by atoms with E-state index in [1.54, 1.807) is 23.9 Å². The minimum absolute atomic E-state index is 0.149. The molecule has 0 aliphatic carbocycles. The first-order chi connectivity index (χ1) is 8.79. The van der Waals surface area contributed by atoms with E-state index in [1.165, 1.54) is 4.90 Å². The predicted octanol–water partition coefficient (Wildman–Crippen LogP) is 3.64. The van der Waals surface area contributed by atoms with Crippen molar-refractivity contribution in [2.45, 2.75) is 4.90 Å². The van der Waals surface area contributed by atoms with E-state index in [1.807, 2.05) is 48.7 Å². The molecule has 2 rings (SSSR count). The van der Waals surface area contributed by atoms with Gasteiger partial charge in [0, 0.05) is 16.0 Å². The average Bonchev–Trinajstić information content (AvgIpc) is 2.46. The number of rotatable bonds is 2. The van der Waals surface area contributed by atoms with E-state index >= 15 is 0 Å². The molecule has 0 atom stereocenters. The number of carbonyl (C=O) groups is 1. The standard InChI is InChI=1S/C16H12OS/c1-18-15-10-7-13(8-11-15)9-12-16(17)14-5-3-2-4-6-14/h2-8,10-11H,1H3. The summed E-state index contributed by atoms with van der Waals surface area (Å²) in [4.78, 5) is 13.0. The Morgan fingerprint density at radius 3 is 2.28 bits per heavy atom. The molecule has 0 amide bonds. The van der Waals surface area contributed by atoms with Crippen molar-refractivity contribution in [2.24, 2.45) is 0 Å². The maximum Gasteiger partial charge on any atom is 0.236 e. The van der Waals surface area contributed by atoms with Crippen LogP contribution in [0.2, 0.25) is 0 Å². The monoisotopic (exact) mass is 252 g/mol. The number of thioether (sulfide) groups is 1. The second kappa shape index (κ2) is 6.09. The van der Waals surface area contributed by atoms with Crippen LogP contribution in [0.1, 0.15) is 15.9 Å². The molecule has 0 bridgehead atoms. The van der Waals surface area contributed by atoms with Gasteiger partial charge in [-0.3, -0.25) is 4.79 Å². The van der Waals surface area contributed by atoms with Gasteiger partial charge in [-0.25, -0.2) is 0 Å². The molecular weight excluding hydrogens is 240 g/mol. The predicted molar refractivity (Wildman–Crippen MR) is 75.9 cm³/mol. The van der Waals surface area contributed by atoms with E-state index in [0.29, 0.717) is 5.56 Å². The maximum absolute atomic E-state index is 11.8. The minimum atomic E-state index is -0.149. The zero-order valence-electron chi connectivity index (χ0n) is 10.0. The molecule has 88 valence electrons. The molecule has 0 saturated carbocycles. The highest BCUT2D eigenvalue weighted by Gasteiger charge is 1.99. The molecule has 0 spiro atoms. The van der Waals surface area contributed by atoms with E-state index in [9.17, 15) is 4.79 Å². The van der Waals surface area contributed by atoms with Crippen molar-refractivity contribution in [1.29, 1.82) is 0 Å². The van der Waals surface area contributed by atoms with Crippen LogP contribution < -0.4 is 0 Å². The molecule has 0 aliphatic rings. The zero-order chi connectivity index (χ0) is 12.8. The summed E-state index contributed by atoms with van der Waals surface area (Å²) >= 11 is 1.68. The molecule has 2 aromatic carbocycles. The lowest BCUT2D eigenvalue weighted by Crippen LogP contribution is -1.93. The van der Waals surface area contributed by atoms with Gasteiger partial charge < -0.3 is 0 Å². The Kier molecular flexibility index (Phi) is 4.22. The summed E-state index contributed by atoms with van der Waals surface area (Å²) in [7, 11) is 0. The Morgan fingerprint density at radius 1 is 1.00 bits per heavy atom. The van der Waals surface area contributed by atoms with Crippen LogP contribution in [0.25, 0.3) is 0 Å². The van der Waals surface area contributed by atoms with E-state index in [2.05, 4.69) is 11.8 Å². The number of hydrogen-bond acceptors (Lipinski definition) is 2. The van der Waals surface area contributed by atoms with Gasteiger partial charge in [-0.15, -0.1) is 11.8 Å². The number of benzene rings is 2. The molecule has 0 N–H and O–H groups in total. The fourth-order valence-electron chi connectivity index (χ4n) is 1.46. The molecule has 0 radical (unpaired) electrons. The van der Waals surface area contributed by atoms with Gasteiger partial charge in [0.25, 0.3) is 0 Å². The van der Waals surface area contributed by atoms with E-state index < -0.39 is 0 Å². The van der Waals surface area contributed by atoms with Crippen molar-refractivity contribution in [1.82, 2.24) is 0 Å². The lowest BCUT2D eigenvalue weighted by Gasteiger charge is -1.95. The highest BCUT2D eigenvalue weighted by molar-refractivity contribution is 7.98. The van der Waals surface area contributed by atoms with Crippen LogP contribution in [0.5, 0.6) is 0 Å². The molecule has 2 heteroatoms. The quantitative estimate of drug-likeness (QED) is 0.461. The van der Waals surface area contributed by atoms with Crippen molar-refractivity contribution in [3.05, 3.63) is 65.7 Å². The van der Waals surface area contributed by atoms with E-state index in [4.69, 9.17) is 0 Å². The third kappa shape index (κ3) is 3.26. The average molecular weight is 252 g/mol. The summed E-state index contributed by atoms with van der Waals surface area (Å²) < 4.78 is 0. The van der Waals surface area contributed by atoms with Gasteiger partial charge in [-0.2, -0.15) is 0 Å². The molecule has 0 heterocycles. The molecule has 1 nitrogen and oxygen atoms in total. The number of carbonyl (C=O) groups excluding carboxylic acids is 1. The van der Waals surface area contributed by atoms with Gasteiger partial charge in [0.05, 0.1) is 0 Å². The van der Waals surface area contributed by atoms with Crippen LogP contribution in [0.3, 0.4) is 0 Å². The van der Waals surface area contributed by atoms with Crippen molar-refractivity contribution >= 4 is 17.5 Å². The van der Waals surface area contributed by atoms with Gasteiger partial charge in [-0.1, -0.05) is 36.3 Å². The molecule has 0 aromatic heterocycles. The maximum atomic E-state index is 11.8. The Hall–Kier alpha value is -1.98. The Balaban J connectivity index is 2.14. The third-order valence-electron chi connectivity index (χ3n) is 2.45. The minimum Gasteiger partial charge on any atom is -0.279 e. The summed E-state index contributed by atoms with van der Waals surface area (Å²) in [6.07, 6.45) is 2.03. The number of Topliss-reactive ketones (excluding diaryl/α,β-unsaturated/α-hetero) is 1. The summed E-state index contributed by atoms with van der Waals surface area (Å²) in [6.45, 7) is 0. The van der Waals surface area contributed by atoms with E-state index in [0.717, 1.165) is 5.56 Å². The van der Waals surface area contributed by atoms with Crippen molar-refractivity contribution < 1.29 is 4.79 Å². The smallest absolute Gasteiger partial charge is 0.236 e. The van der Waals surface area contributed by atoms with Crippen molar-refractivity contribution in [2.75, 3.05) is 6.26 Å². The van der Waals surface area contributed by atoms with Gasteiger partial charge in [0.2, 0.25) is 5.78 Å². The number of hydrogen-bond donors (Lipinski definition) is 0. The van der Waals surface area contributed by atoms with Crippen LogP contribution >= 0.6 is 11.8 Å². The fourth-order valence-corrected chi connectivity index (χ4v) is 1.87. The lowest BCUT2D eigenvalue weighted by molar-refractivity contribution is 0.105.